The van der Waals surface area contributed by atoms with E-state index < -0.39 is 17.7 Å². The Kier molecular flexibility index (Phi) is 3.16. The molecular formula is C11H12F2N4. The second-order valence-electron chi connectivity index (χ2n) is 3.69. The van der Waals surface area contributed by atoms with E-state index >= 15 is 0 Å². The SMILES string of the molecule is Cn1cncc1C(NN)c1cc(F)ccc1F. The van der Waals surface area contributed by atoms with Crippen molar-refractivity contribution in [2.45, 2.75) is 6.04 Å². The smallest absolute Gasteiger partial charge is 0.128 e. The lowest BCUT2D eigenvalue weighted by molar-refractivity contribution is 0.531. The van der Waals surface area contributed by atoms with Crippen molar-refractivity contribution in [1.82, 2.24) is 15.0 Å². The van der Waals surface area contributed by atoms with Crippen LogP contribution >= 0.6 is 0 Å². The molecule has 1 heterocycles. The molecule has 0 fully saturated rings. The van der Waals surface area contributed by atoms with E-state index in [9.17, 15) is 8.78 Å². The van der Waals surface area contributed by atoms with Crippen molar-refractivity contribution in [3.05, 3.63) is 53.6 Å². The quantitative estimate of drug-likeness (QED) is 0.625. The van der Waals surface area contributed by atoms with Gasteiger partial charge in [0.25, 0.3) is 0 Å². The monoisotopic (exact) mass is 238 g/mol. The molecule has 1 aromatic heterocycles. The summed E-state index contributed by atoms with van der Waals surface area (Å²) in [6, 6.07) is 2.62. The molecule has 0 radical (unpaired) electrons. The number of imidazole rings is 1. The van der Waals surface area contributed by atoms with Crippen LogP contribution in [0.4, 0.5) is 8.78 Å². The Labute approximate surface area is 97.0 Å². The summed E-state index contributed by atoms with van der Waals surface area (Å²) < 4.78 is 28.5. The molecule has 4 nitrogen and oxygen atoms in total. The van der Waals surface area contributed by atoms with Gasteiger partial charge < -0.3 is 4.57 Å². The number of aryl methyl sites for hydroxylation is 1. The Morgan fingerprint density at radius 2 is 2.18 bits per heavy atom. The van der Waals surface area contributed by atoms with Crippen LogP contribution in [-0.2, 0) is 7.05 Å². The maximum absolute atomic E-state index is 13.6. The van der Waals surface area contributed by atoms with Crippen molar-refractivity contribution in [3.8, 4) is 0 Å². The van der Waals surface area contributed by atoms with Gasteiger partial charge in [0, 0.05) is 12.6 Å². The lowest BCUT2D eigenvalue weighted by Gasteiger charge is -2.17. The molecule has 0 aliphatic rings. The van der Waals surface area contributed by atoms with E-state index in [0.29, 0.717) is 5.69 Å². The van der Waals surface area contributed by atoms with Crippen LogP contribution in [0.3, 0.4) is 0 Å². The molecule has 0 aliphatic carbocycles. The van der Waals surface area contributed by atoms with Crippen molar-refractivity contribution >= 4 is 0 Å². The van der Waals surface area contributed by atoms with Crippen molar-refractivity contribution in [2.75, 3.05) is 0 Å². The Hall–Kier alpha value is -1.79. The molecule has 0 aliphatic heterocycles. The summed E-state index contributed by atoms with van der Waals surface area (Å²) >= 11 is 0. The van der Waals surface area contributed by atoms with Gasteiger partial charge in [-0.05, 0) is 18.2 Å². The summed E-state index contributed by atoms with van der Waals surface area (Å²) in [6.07, 6.45) is 3.12. The van der Waals surface area contributed by atoms with Gasteiger partial charge in [0.15, 0.2) is 0 Å². The molecule has 2 aromatic rings. The molecule has 0 saturated heterocycles. The minimum Gasteiger partial charge on any atom is -0.336 e. The second-order valence-corrected chi connectivity index (χ2v) is 3.69. The highest BCUT2D eigenvalue weighted by Crippen LogP contribution is 2.23. The molecule has 6 heteroatoms. The van der Waals surface area contributed by atoms with Crippen LogP contribution in [0.15, 0.2) is 30.7 Å². The number of halogens is 2. The van der Waals surface area contributed by atoms with Crippen molar-refractivity contribution in [2.24, 2.45) is 12.9 Å². The van der Waals surface area contributed by atoms with Gasteiger partial charge in [0.2, 0.25) is 0 Å². The normalized spacial score (nSPS) is 12.7. The van der Waals surface area contributed by atoms with E-state index in [1.54, 1.807) is 24.1 Å². The Morgan fingerprint density at radius 1 is 1.41 bits per heavy atom. The van der Waals surface area contributed by atoms with Crippen LogP contribution < -0.4 is 11.3 Å². The highest BCUT2D eigenvalue weighted by molar-refractivity contribution is 5.29. The zero-order chi connectivity index (χ0) is 12.4. The number of aromatic nitrogens is 2. The Balaban J connectivity index is 2.49. The lowest BCUT2D eigenvalue weighted by Crippen LogP contribution is -2.31. The average molecular weight is 238 g/mol. The number of hydrogen-bond donors (Lipinski definition) is 2. The molecule has 3 N–H and O–H groups in total. The van der Waals surface area contributed by atoms with Crippen LogP contribution in [0.5, 0.6) is 0 Å². The number of hydrogen-bond acceptors (Lipinski definition) is 3. The maximum atomic E-state index is 13.6. The topological polar surface area (TPSA) is 55.9 Å². The Bertz CT molecular complexity index is 524. The van der Waals surface area contributed by atoms with Crippen molar-refractivity contribution in [1.29, 1.82) is 0 Å². The molecule has 1 atom stereocenters. The largest absolute Gasteiger partial charge is 0.336 e. The number of nitrogens with one attached hydrogen (secondary N) is 1. The molecule has 2 rings (SSSR count). The van der Waals surface area contributed by atoms with Crippen LogP contribution in [0.25, 0.3) is 0 Å². The second kappa shape index (κ2) is 4.60. The van der Waals surface area contributed by atoms with E-state index in [2.05, 4.69) is 10.4 Å². The summed E-state index contributed by atoms with van der Waals surface area (Å²) in [7, 11) is 1.75. The summed E-state index contributed by atoms with van der Waals surface area (Å²) in [5, 5.41) is 0. The minimum absolute atomic E-state index is 0.149. The fourth-order valence-corrected chi connectivity index (χ4v) is 1.72. The molecule has 1 unspecified atom stereocenters. The first-order chi connectivity index (χ1) is 8.13. The van der Waals surface area contributed by atoms with E-state index in [4.69, 9.17) is 5.84 Å². The van der Waals surface area contributed by atoms with Gasteiger partial charge in [-0.15, -0.1) is 0 Å². The highest BCUT2D eigenvalue weighted by Gasteiger charge is 2.19. The number of nitrogens with zero attached hydrogens (tertiary/aromatic N) is 2. The summed E-state index contributed by atoms with van der Waals surface area (Å²) in [5.74, 6) is 4.38. The number of rotatable bonds is 3. The molecule has 90 valence electrons. The highest BCUT2D eigenvalue weighted by atomic mass is 19.1. The standard InChI is InChI=1S/C11H12F2N4/c1-17-6-15-5-10(17)11(16-14)8-4-7(12)2-3-9(8)13/h2-6,11,16H,14H2,1H3. The number of benzene rings is 1. The third-order valence-electron chi connectivity index (χ3n) is 2.59. The van der Waals surface area contributed by atoms with Crippen LogP contribution in [0.1, 0.15) is 17.3 Å². The molecule has 0 spiro atoms. The van der Waals surface area contributed by atoms with Crippen molar-refractivity contribution < 1.29 is 8.78 Å². The molecule has 17 heavy (non-hydrogen) atoms. The van der Waals surface area contributed by atoms with Crippen LogP contribution in [0.2, 0.25) is 0 Å². The minimum atomic E-state index is -0.641. The first-order valence-corrected chi connectivity index (χ1v) is 5.00. The van der Waals surface area contributed by atoms with Gasteiger partial charge in [-0.25, -0.2) is 19.2 Å². The summed E-state index contributed by atoms with van der Waals surface area (Å²) in [6.45, 7) is 0. The van der Waals surface area contributed by atoms with Gasteiger partial charge in [0.05, 0.1) is 24.3 Å². The maximum Gasteiger partial charge on any atom is 0.128 e. The molecule has 1 aromatic carbocycles. The first-order valence-electron chi connectivity index (χ1n) is 5.00. The third-order valence-corrected chi connectivity index (χ3v) is 2.59. The number of nitrogens with two attached hydrogens (primary N) is 1. The van der Waals surface area contributed by atoms with Crippen LogP contribution in [0, 0.1) is 11.6 Å². The molecule has 0 saturated carbocycles. The van der Waals surface area contributed by atoms with Gasteiger partial charge >= 0.3 is 0 Å². The summed E-state index contributed by atoms with van der Waals surface area (Å²) in [4.78, 5) is 3.92. The summed E-state index contributed by atoms with van der Waals surface area (Å²) in [5.41, 5.74) is 3.26. The van der Waals surface area contributed by atoms with E-state index in [1.807, 2.05) is 0 Å². The molecule has 0 amide bonds. The predicted molar refractivity (Wildman–Crippen MR) is 58.7 cm³/mol. The predicted octanol–water partition coefficient (Wildman–Crippen LogP) is 1.25. The fourth-order valence-electron chi connectivity index (χ4n) is 1.72. The lowest BCUT2D eigenvalue weighted by atomic mass is 10.0. The average Bonchev–Trinajstić information content (AvgIpc) is 2.71. The third kappa shape index (κ3) is 2.17. The zero-order valence-corrected chi connectivity index (χ0v) is 9.19. The Morgan fingerprint density at radius 3 is 2.76 bits per heavy atom. The van der Waals surface area contributed by atoms with Gasteiger partial charge in [0.1, 0.15) is 11.6 Å². The zero-order valence-electron chi connectivity index (χ0n) is 9.19. The van der Waals surface area contributed by atoms with Crippen molar-refractivity contribution in [3.63, 3.8) is 0 Å². The van der Waals surface area contributed by atoms with Gasteiger partial charge in [-0.1, -0.05) is 0 Å². The molecule has 0 bridgehead atoms. The van der Waals surface area contributed by atoms with Gasteiger partial charge in [-0.3, -0.25) is 5.84 Å². The first kappa shape index (κ1) is 11.7. The fraction of sp³-hybridized carbons (Fsp3) is 0.182. The van der Waals surface area contributed by atoms with Gasteiger partial charge in [-0.2, -0.15) is 0 Å². The van der Waals surface area contributed by atoms with E-state index in [1.165, 1.54) is 0 Å². The number of hydrazine groups is 1. The van der Waals surface area contributed by atoms with E-state index in [0.717, 1.165) is 18.2 Å². The van der Waals surface area contributed by atoms with E-state index in [-0.39, 0.29) is 5.56 Å². The molecular weight excluding hydrogens is 226 g/mol. The van der Waals surface area contributed by atoms with Crippen LogP contribution in [-0.4, -0.2) is 9.55 Å².